The first-order valence-electron chi connectivity index (χ1n) is 7.67. The van der Waals surface area contributed by atoms with Crippen LogP contribution in [0.5, 0.6) is 0 Å². The highest BCUT2D eigenvalue weighted by Gasteiger charge is 2.08. The first-order chi connectivity index (χ1) is 11.2. The summed E-state index contributed by atoms with van der Waals surface area (Å²) in [5.74, 6) is 0. The van der Waals surface area contributed by atoms with Gasteiger partial charge in [0.05, 0.1) is 21.3 Å². The molecule has 0 bridgehead atoms. The summed E-state index contributed by atoms with van der Waals surface area (Å²) in [6.45, 7) is 4.23. The zero-order chi connectivity index (χ0) is 16.2. The molecule has 2 N–H and O–H groups in total. The van der Waals surface area contributed by atoms with E-state index in [0.717, 1.165) is 22.6 Å². The van der Waals surface area contributed by atoms with E-state index in [9.17, 15) is 0 Å². The van der Waals surface area contributed by atoms with Crippen LogP contribution in [0.3, 0.4) is 0 Å². The van der Waals surface area contributed by atoms with E-state index in [4.69, 9.17) is 12.2 Å². The Morgan fingerprint density at radius 2 is 2.00 bits per heavy atom. The number of thiocarbonyl (C=S) groups is 1. The molecule has 0 amide bonds. The van der Waals surface area contributed by atoms with Crippen LogP contribution in [0.4, 0.5) is 5.69 Å². The van der Waals surface area contributed by atoms with Crippen molar-refractivity contribution in [3.05, 3.63) is 59.1 Å². The van der Waals surface area contributed by atoms with Gasteiger partial charge in [0.25, 0.3) is 0 Å². The third-order valence-electron chi connectivity index (χ3n) is 3.64. The quantitative estimate of drug-likeness (QED) is 0.661. The predicted molar refractivity (Wildman–Crippen MR) is 103 cm³/mol. The number of hydrogen-bond acceptors (Lipinski definition) is 3. The molecule has 3 rings (SSSR count). The first-order valence-corrected chi connectivity index (χ1v) is 8.90. The predicted octanol–water partition coefficient (Wildman–Crippen LogP) is 4.91. The number of aromatic nitrogens is 1. The summed E-state index contributed by atoms with van der Waals surface area (Å²) in [5, 5.41) is 8.37. The van der Waals surface area contributed by atoms with Crippen molar-refractivity contribution in [3.63, 3.8) is 0 Å². The highest BCUT2D eigenvalue weighted by atomic mass is 32.1. The van der Waals surface area contributed by atoms with Gasteiger partial charge in [-0.3, -0.25) is 0 Å². The fraction of sp³-hybridized carbons (Fsp3) is 0.222. The molecule has 1 atom stereocenters. The normalized spacial score (nSPS) is 12.1. The van der Waals surface area contributed by atoms with Crippen LogP contribution in [0.25, 0.3) is 10.2 Å². The van der Waals surface area contributed by atoms with Gasteiger partial charge < -0.3 is 10.6 Å². The summed E-state index contributed by atoms with van der Waals surface area (Å²) < 4.78 is 1.19. The lowest BCUT2D eigenvalue weighted by Gasteiger charge is -2.17. The molecular weight excluding hydrogens is 322 g/mol. The highest BCUT2D eigenvalue weighted by Crippen LogP contribution is 2.25. The number of anilines is 1. The minimum Gasteiger partial charge on any atom is -0.356 e. The number of fused-ring (bicyclic) bond motifs is 1. The van der Waals surface area contributed by atoms with E-state index in [2.05, 4.69) is 47.7 Å². The van der Waals surface area contributed by atoms with Gasteiger partial charge in [0.15, 0.2) is 5.11 Å². The largest absolute Gasteiger partial charge is 0.356 e. The third-order valence-corrected chi connectivity index (χ3v) is 5.02. The van der Waals surface area contributed by atoms with Crippen molar-refractivity contribution in [3.8, 4) is 0 Å². The van der Waals surface area contributed by atoms with Gasteiger partial charge in [-0.25, -0.2) is 4.98 Å². The molecular formula is C18H19N3S2. The summed E-state index contributed by atoms with van der Waals surface area (Å²) >= 11 is 7.16. The molecule has 0 aliphatic heterocycles. The van der Waals surface area contributed by atoms with Crippen molar-refractivity contribution in [1.29, 1.82) is 0 Å². The Hall–Kier alpha value is -1.98. The molecule has 1 unspecified atom stereocenters. The van der Waals surface area contributed by atoms with Crippen LogP contribution in [0.1, 0.15) is 30.5 Å². The molecule has 3 nitrogen and oxygen atoms in total. The van der Waals surface area contributed by atoms with Crippen molar-refractivity contribution >= 4 is 44.6 Å². The number of aryl methyl sites for hydroxylation is 1. The van der Waals surface area contributed by atoms with Gasteiger partial charge in [0.1, 0.15) is 0 Å². The molecule has 0 radical (unpaired) electrons. The summed E-state index contributed by atoms with van der Waals surface area (Å²) in [6, 6.07) is 16.6. The lowest BCUT2D eigenvalue weighted by atomic mass is 10.1. The molecule has 2 aromatic carbocycles. The van der Waals surface area contributed by atoms with Crippen LogP contribution in [0.2, 0.25) is 0 Å². The van der Waals surface area contributed by atoms with E-state index in [1.807, 2.05) is 30.3 Å². The number of nitrogens with zero attached hydrogens (tertiary/aromatic N) is 1. The van der Waals surface area contributed by atoms with Crippen molar-refractivity contribution < 1.29 is 0 Å². The maximum absolute atomic E-state index is 5.43. The number of benzene rings is 2. The van der Waals surface area contributed by atoms with Crippen molar-refractivity contribution in [2.75, 3.05) is 5.32 Å². The molecule has 0 aliphatic carbocycles. The van der Waals surface area contributed by atoms with Gasteiger partial charge >= 0.3 is 0 Å². The number of nitrogens with one attached hydrogen (secondary N) is 2. The molecule has 1 heterocycles. The number of hydrogen-bond donors (Lipinski definition) is 2. The van der Waals surface area contributed by atoms with Crippen LogP contribution in [-0.4, -0.2) is 10.1 Å². The minimum atomic E-state index is 0.162. The Labute approximate surface area is 145 Å². The standard InChI is InChI=1S/C18H19N3S2/c1-3-17-21-15-10-9-14(11-16(15)23-17)20-18(22)19-12(2)13-7-5-4-6-8-13/h4-12H,3H2,1-2H3,(H2,19,20,22). The summed E-state index contributed by atoms with van der Waals surface area (Å²) in [6.07, 6.45) is 0.969. The van der Waals surface area contributed by atoms with Gasteiger partial charge in [0.2, 0.25) is 0 Å². The molecule has 23 heavy (non-hydrogen) atoms. The molecule has 0 spiro atoms. The second kappa shape index (κ2) is 7.06. The first kappa shape index (κ1) is 15.9. The Balaban J connectivity index is 1.67. The lowest BCUT2D eigenvalue weighted by molar-refractivity contribution is 0.723. The topological polar surface area (TPSA) is 37.0 Å². The van der Waals surface area contributed by atoms with Crippen LogP contribution in [0, 0.1) is 0 Å². The second-order valence-electron chi connectivity index (χ2n) is 5.37. The van der Waals surface area contributed by atoms with Crippen molar-refractivity contribution in [2.45, 2.75) is 26.3 Å². The van der Waals surface area contributed by atoms with E-state index in [1.165, 1.54) is 10.3 Å². The van der Waals surface area contributed by atoms with Crippen LogP contribution in [0.15, 0.2) is 48.5 Å². The molecule has 0 saturated heterocycles. The van der Waals surface area contributed by atoms with Crippen molar-refractivity contribution in [2.24, 2.45) is 0 Å². The summed E-state index contributed by atoms with van der Waals surface area (Å²) in [7, 11) is 0. The Bertz CT molecular complexity index is 812. The van der Waals surface area contributed by atoms with Gasteiger partial charge in [-0.1, -0.05) is 37.3 Å². The third kappa shape index (κ3) is 3.86. The summed E-state index contributed by atoms with van der Waals surface area (Å²) in [5.41, 5.74) is 3.25. The van der Waals surface area contributed by atoms with E-state index < -0.39 is 0 Å². The van der Waals surface area contributed by atoms with Gasteiger partial charge in [-0.2, -0.15) is 0 Å². The smallest absolute Gasteiger partial charge is 0.171 e. The molecule has 3 aromatic rings. The van der Waals surface area contributed by atoms with E-state index in [-0.39, 0.29) is 6.04 Å². The zero-order valence-corrected chi connectivity index (χ0v) is 14.8. The Morgan fingerprint density at radius 3 is 2.74 bits per heavy atom. The number of thiazole rings is 1. The Kier molecular flexibility index (Phi) is 4.88. The molecule has 0 saturated carbocycles. The lowest BCUT2D eigenvalue weighted by Crippen LogP contribution is -2.30. The monoisotopic (exact) mass is 341 g/mol. The van der Waals surface area contributed by atoms with E-state index >= 15 is 0 Å². The molecule has 118 valence electrons. The average Bonchev–Trinajstić information content (AvgIpc) is 2.98. The average molecular weight is 342 g/mol. The van der Waals surface area contributed by atoms with Gasteiger partial charge in [-0.05, 0) is 49.3 Å². The SMILES string of the molecule is CCc1nc2ccc(NC(=S)NC(C)c3ccccc3)cc2s1. The molecule has 0 fully saturated rings. The number of rotatable bonds is 4. The maximum Gasteiger partial charge on any atom is 0.171 e. The maximum atomic E-state index is 5.43. The fourth-order valence-corrected chi connectivity index (χ4v) is 3.63. The molecule has 1 aromatic heterocycles. The van der Waals surface area contributed by atoms with E-state index in [0.29, 0.717) is 5.11 Å². The van der Waals surface area contributed by atoms with Crippen LogP contribution in [-0.2, 0) is 6.42 Å². The fourth-order valence-electron chi connectivity index (χ4n) is 2.39. The van der Waals surface area contributed by atoms with Gasteiger partial charge in [-0.15, -0.1) is 11.3 Å². The van der Waals surface area contributed by atoms with Crippen molar-refractivity contribution in [1.82, 2.24) is 10.3 Å². The minimum absolute atomic E-state index is 0.162. The molecule has 0 aliphatic rings. The summed E-state index contributed by atoms with van der Waals surface area (Å²) in [4.78, 5) is 4.58. The van der Waals surface area contributed by atoms with Crippen LogP contribution >= 0.6 is 23.6 Å². The Morgan fingerprint density at radius 1 is 1.22 bits per heavy atom. The van der Waals surface area contributed by atoms with E-state index in [1.54, 1.807) is 11.3 Å². The van der Waals surface area contributed by atoms with Gasteiger partial charge in [0, 0.05) is 5.69 Å². The molecule has 5 heteroatoms. The second-order valence-corrected chi connectivity index (χ2v) is 6.90. The zero-order valence-electron chi connectivity index (χ0n) is 13.2. The van der Waals surface area contributed by atoms with Crippen LogP contribution < -0.4 is 10.6 Å². The highest BCUT2D eigenvalue weighted by molar-refractivity contribution is 7.80.